The summed E-state index contributed by atoms with van der Waals surface area (Å²) in [5.74, 6) is 0. The van der Waals surface area contributed by atoms with E-state index >= 15 is 0 Å². The Kier molecular flexibility index (Phi) is 4.99. The first-order valence-electron chi connectivity index (χ1n) is 6.64. The van der Waals surface area contributed by atoms with Crippen molar-refractivity contribution in [1.82, 2.24) is 4.90 Å². The molecule has 1 saturated heterocycles. The van der Waals surface area contributed by atoms with Crippen LogP contribution in [0.4, 0.5) is 4.79 Å². The van der Waals surface area contributed by atoms with Crippen molar-refractivity contribution in [3.05, 3.63) is 0 Å². The average molecular weight is 258 g/mol. The Morgan fingerprint density at radius 3 is 2.28 bits per heavy atom. The quantitative estimate of drug-likeness (QED) is 0.837. The molecule has 5 heteroatoms. The Hall–Kier alpha value is -0.810. The summed E-state index contributed by atoms with van der Waals surface area (Å²) >= 11 is 0. The average Bonchev–Trinajstić information content (AvgIpc) is 2.28. The van der Waals surface area contributed by atoms with Crippen LogP contribution in [0.15, 0.2) is 0 Å². The van der Waals surface area contributed by atoms with Crippen LogP contribution in [0, 0.1) is 0 Å². The highest BCUT2D eigenvalue weighted by Gasteiger charge is 2.36. The summed E-state index contributed by atoms with van der Waals surface area (Å²) < 4.78 is 11.1. The van der Waals surface area contributed by atoms with E-state index < -0.39 is 5.60 Å². The van der Waals surface area contributed by atoms with Crippen molar-refractivity contribution in [2.45, 2.75) is 51.7 Å². The minimum Gasteiger partial charge on any atom is -0.444 e. The summed E-state index contributed by atoms with van der Waals surface area (Å²) in [4.78, 5) is 13.6. The van der Waals surface area contributed by atoms with Gasteiger partial charge in [0, 0.05) is 26.2 Å². The zero-order valence-corrected chi connectivity index (χ0v) is 12.0. The second kappa shape index (κ2) is 5.89. The molecular weight excluding hydrogens is 232 g/mol. The third-order valence-corrected chi connectivity index (χ3v) is 3.15. The van der Waals surface area contributed by atoms with Gasteiger partial charge in [-0.15, -0.1) is 0 Å². The number of likely N-dealkylation sites (tertiary alicyclic amines) is 1. The highest BCUT2D eigenvalue weighted by molar-refractivity contribution is 5.68. The Labute approximate surface area is 110 Å². The van der Waals surface area contributed by atoms with E-state index in [1.807, 2.05) is 27.7 Å². The van der Waals surface area contributed by atoms with Crippen molar-refractivity contribution in [3.8, 4) is 0 Å². The fraction of sp³-hybridized carbons (Fsp3) is 0.923. The molecule has 1 rings (SSSR count). The van der Waals surface area contributed by atoms with E-state index in [1.165, 1.54) is 0 Å². The van der Waals surface area contributed by atoms with Crippen molar-refractivity contribution in [3.63, 3.8) is 0 Å². The summed E-state index contributed by atoms with van der Waals surface area (Å²) in [5, 5.41) is 0. The molecule has 1 heterocycles. The number of nitrogens with zero attached hydrogens (tertiary/aromatic N) is 1. The fourth-order valence-corrected chi connectivity index (χ4v) is 2.14. The number of nitrogens with two attached hydrogens (primary N) is 1. The topological polar surface area (TPSA) is 64.8 Å². The van der Waals surface area contributed by atoms with E-state index in [1.54, 1.807) is 4.90 Å². The molecule has 106 valence electrons. The predicted molar refractivity (Wildman–Crippen MR) is 70.5 cm³/mol. The van der Waals surface area contributed by atoms with Crippen LogP contribution in [0.5, 0.6) is 0 Å². The van der Waals surface area contributed by atoms with Gasteiger partial charge in [-0.2, -0.15) is 0 Å². The first kappa shape index (κ1) is 15.2. The first-order chi connectivity index (χ1) is 8.32. The highest BCUT2D eigenvalue weighted by atomic mass is 16.6. The van der Waals surface area contributed by atoms with Gasteiger partial charge in [-0.1, -0.05) is 0 Å². The van der Waals surface area contributed by atoms with Crippen molar-refractivity contribution in [2.24, 2.45) is 5.73 Å². The maximum Gasteiger partial charge on any atom is 0.410 e. The third kappa shape index (κ3) is 4.14. The van der Waals surface area contributed by atoms with Crippen LogP contribution < -0.4 is 5.73 Å². The second-order valence-corrected chi connectivity index (χ2v) is 5.79. The maximum atomic E-state index is 11.9. The monoisotopic (exact) mass is 258 g/mol. The molecule has 0 saturated carbocycles. The van der Waals surface area contributed by atoms with Crippen molar-refractivity contribution >= 4 is 6.09 Å². The van der Waals surface area contributed by atoms with Gasteiger partial charge in [0.15, 0.2) is 0 Å². The predicted octanol–water partition coefficient (Wildman–Crippen LogP) is 1.75. The largest absolute Gasteiger partial charge is 0.444 e. The standard InChI is InChI=1S/C13H26N2O3/c1-5-17-13(10-14)6-8-15(9-7-13)11(16)18-12(2,3)4/h5-10,14H2,1-4H3. The number of amides is 1. The second-order valence-electron chi connectivity index (χ2n) is 5.79. The van der Waals surface area contributed by atoms with Crippen LogP contribution in [0.25, 0.3) is 0 Å². The molecule has 0 aliphatic carbocycles. The molecule has 0 spiro atoms. The lowest BCUT2D eigenvalue weighted by atomic mass is 9.91. The molecule has 0 atom stereocenters. The molecule has 0 aromatic carbocycles. The Morgan fingerprint density at radius 1 is 1.33 bits per heavy atom. The lowest BCUT2D eigenvalue weighted by Gasteiger charge is -2.41. The number of piperidine rings is 1. The van der Waals surface area contributed by atoms with Gasteiger partial charge >= 0.3 is 6.09 Å². The van der Waals surface area contributed by atoms with Crippen LogP contribution in [-0.4, -0.2) is 48.4 Å². The number of carbonyl (C=O) groups is 1. The number of hydrogen-bond donors (Lipinski definition) is 1. The lowest BCUT2D eigenvalue weighted by Crippen LogP contribution is -2.52. The third-order valence-electron chi connectivity index (χ3n) is 3.15. The summed E-state index contributed by atoms with van der Waals surface area (Å²) in [6.07, 6.45) is 1.30. The van der Waals surface area contributed by atoms with E-state index in [4.69, 9.17) is 15.2 Å². The molecule has 1 amide bonds. The summed E-state index contributed by atoms with van der Waals surface area (Å²) in [7, 11) is 0. The van der Waals surface area contributed by atoms with Gasteiger partial charge < -0.3 is 20.1 Å². The van der Waals surface area contributed by atoms with Gasteiger partial charge in [-0.25, -0.2) is 4.79 Å². The molecule has 0 aromatic rings. The summed E-state index contributed by atoms with van der Waals surface area (Å²) in [6.45, 7) is 10.0. The molecule has 0 aromatic heterocycles. The number of rotatable bonds is 3. The van der Waals surface area contributed by atoms with Gasteiger partial charge in [0.05, 0.1) is 5.60 Å². The number of ether oxygens (including phenoxy) is 2. The summed E-state index contributed by atoms with van der Waals surface area (Å²) in [6, 6.07) is 0. The molecule has 1 fully saturated rings. The van der Waals surface area contributed by atoms with Crippen molar-refractivity contribution in [1.29, 1.82) is 0 Å². The number of carbonyl (C=O) groups excluding carboxylic acids is 1. The molecule has 0 bridgehead atoms. The minimum atomic E-state index is -0.445. The van der Waals surface area contributed by atoms with Crippen molar-refractivity contribution in [2.75, 3.05) is 26.2 Å². The van der Waals surface area contributed by atoms with E-state index in [2.05, 4.69) is 0 Å². The van der Waals surface area contributed by atoms with Crippen LogP contribution in [0.1, 0.15) is 40.5 Å². The molecular formula is C13H26N2O3. The van der Waals surface area contributed by atoms with Crippen LogP contribution in [-0.2, 0) is 9.47 Å². The molecule has 0 radical (unpaired) electrons. The van der Waals surface area contributed by atoms with Crippen LogP contribution in [0.3, 0.4) is 0 Å². The van der Waals surface area contributed by atoms with Crippen LogP contribution >= 0.6 is 0 Å². The SMILES string of the molecule is CCOC1(CN)CCN(C(=O)OC(C)(C)C)CC1. The normalized spacial score (nSPS) is 19.7. The summed E-state index contributed by atoms with van der Waals surface area (Å²) in [5.41, 5.74) is 5.09. The van der Waals surface area contributed by atoms with Crippen LogP contribution in [0.2, 0.25) is 0 Å². The first-order valence-corrected chi connectivity index (χ1v) is 6.64. The van der Waals surface area contributed by atoms with Gasteiger partial charge in [0.2, 0.25) is 0 Å². The van der Waals surface area contributed by atoms with Gasteiger partial charge in [0.25, 0.3) is 0 Å². The minimum absolute atomic E-state index is 0.246. The van der Waals surface area contributed by atoms with E-state index in [-0.39, 0.29) is 11.7 Å². The zero-order chi connectivity index (χ0) is 13.8. The maximum absolute atomic E-state index is 11.9. The smallest absolute Gasteiger partial charge is 0.410 e. The number of hydrogen-bond acceptors (Lipinski definition) is 4. The lowest BCUT2D eigenvalue weighted by molar-refractivity contribution is -0.0737. The van der Waals surface area contributed by atoms with Gasteiger partial charge in [-0.05, 0) is 40.5 Å². The van der Waals surface area contributed by atoms with Gasteiger partial charge in [0.1, 0.15) is 5.60 Å². The highest BCUT2D eigenvalue weighted by Crippen LogP contribution is 2.26. The molecule has 18 heavy (non-hydrogen) atoms. The molecule has 1 aliphatic heterocycles. The van der Waals surface area contributed by atoms with E-state index in [0.29, 0.717) is 26.2 Å². The molecule has 1 aliphatic rings. The van der Waals surface area contributed by atoms with Crippen molar-refractivity contribution < 1.29 is 14.3 Å². The molecule has 0 unspecified atom stereocenters. The van der Waals surface area contributed by atoms with E-state index in [9.17, 15) is 4.79 Å². The zero-order valence-electron chi connectivity index (χ0n) is 12.0. The Bertz CT molecular complexity index is 278. The van der Waals surface area contributed by atoms with E-state index in [0.717, 1.165) is 12.8 Å². The Morgan fingerprint density at radius 2 is 1.89 bits per heavy atom. The Balaban J connectivity index is 2.50. The van der Waals surface area contributed by atoms with Gasteiger partial charge in [-0.3, -0.25) is 0 Å². The molecule has 2 N–H and O–H groups in total. The molecule has 5 nitrogen and oxygen atoms in total. The fourth-order valence-electron chi connectivity index (χ4n) is 2.14.